The third-order valence-corrected chi connectivity index (χ3v) is 4.80. The van der Waals surface area contributed by atoms with Gasteiger partial charge in [0.25, 0.3) is 5.91 Å². The van der Waals surface area contributed by atoms with Crippen molar-refractivity contribution in [1.29, 1.82) is 0 Å². The second-order valence-electron chi connectivity index (χ2n) is 7.01. The number of carbonyl (C=O) groups excluding carboxylic acids is 2. The van der Waals surface area contributed by atoms with Crippen molar-refractivity contribution in [3.8, 4) is 0 Å². The lowest BCUT2D eigenvalue weighted by molar-refractivity contribution is -0.116. The zero-order chi connectivity index (χ0) is 21.5. The van der Waals surface area contributed by atoms with E-state index in [9.17, 15) is 9.59 Å². The Hall–Kier alpha value is -4.13. The molecule has 2 aromatic heterocycles. The molecule has 2 heterocycles. The summed E-state index contributed by atoms with van der Waals surface area (Å²) in [5, 5.41) is 10.1. The zero-order valence-corrected chi connectivity index (χ0v) is 16.8. The van der Waals surface area contributed by atoms with E-state index in [0.29, 0.717) is 17.9 Å². The Labute approximate surface area is 179 Å². The molecule has 0 spiro atoms. The number of nitrogens with zero attached hydrogens (tertiary/aromatic N) is 2. The first-order valence-corrected chi connectivity index (χ1v) is 9.94. The topological polar surface area (TPSA) is 89.2 Å². The van der Waals surface area contributed by atoms with Crippen LogP contribution in [0, 0.1) is 0 Å². The molecule has 0 saturated heterocycles. The van der Waals surface area contributed by atoms with E-state index in [1.54, 1.807) is 53.5 Å². The van der Waals surface area contributed by atoms with Gasteiger partial charge in [-0.3, -0.25) is 9.59 Å². The summed E-state index contributed by atoms with van der Waals surface area (Å²) in [5.41, 5.74) is 1.39. The molecule has 0 aliphatic carbocycles. The monoisotopic (exact) mass is 414 g/mol. The van der Waals surface area contributed by atoms with E-state index in [1.165, 1.54) is 0 Å². The Kier molecular flexibility index (Phi) is 6.23. The Morgan fingerprint density at radius 1 is 0.935 bits per heavy atom. The van der Waals surface area contributed by atoms with Crippen molar-refractivity contribution in [2.75, 3.05) is 5.32 Å². The average Bonchev–Trinajstić information content (AvgIpc) is 3.47. The highest BCUT2D eigenvalue weighted by molar-refractivity contribution is 5.95. The Morgan fingerprint density at radius 2 is 1.68 bits per heavy atom. The Balaban J connectivity index is 1.46. The van der Waals surface area contributed by atoms with Crippen molar-refractivity contribution in [2.24, 2.45) is 0 Å². The third kappa shape index (κ3) is 5.27. The molecule has 0 aliphatic heterocycles. The molecular weight excluding hydrogens is 392 g/mol. The van der Waals surface area contributed by atoms with Crippen molar-refractivity contribution in [1.82, 2.24) is 15.1 Å². The van der Waals surface area contributed by atoms with Gasteiger partial charge in [-0.1, -0.05) is 48.5 Å². The number of nitrogens with one attached hydrogen (secondary N) is 2. The van der Waals surface area contributed by atoms with Gasteiger partial charge in [0.2, 0.25) is 5.91 Å². The molecule has 0 aliphatic rings. The van der Waals surface area contributed by atoms with E-state index < -0.39 is 6.04 Å². The summed E-state index contributed by atoms with van der Waals surface area (Å²) in [6, 6.07) is 23.3. The van der Waals surface area contributed by atoms with E-state index in [2.05, 4.69) is 15.7 Å². The number of rotatable bonds is 8. The van der Waals surface area contributed by atoms with Gasteiger partial charge in [-0.25, -0.2) is 4.68 Å². The highest BCUT2D eigenvalue weighted by Gasteiger charge is 2.20. The highest BCUT2D eigenvalue weighted by Crippen LogP contribution is 2.19. The maximum atomic E-state index is 12.8. The normalized spacial score (nSPS) is 11.6. The van der Waals surface area contributed by atoms with Crippen LogP contribution in [0.1, 0.15) is 34.1 Å². The van der Waals surface area contributed by atoms with Crippen LogP contribution >= 0.6 is 0 Å². The minimum Gasteiger partial charge on any atom is -0.467 e. The van der Waals surface area contributed by atoms with Crippen LogP contribution in [0.3, 0.4) is 0 Å². The van der Waals surface area contributed by atoms with E-state index in [-0.39, 0.29) is 18.2 Å². The first kappa shape index (κ1) is 20.2. The van der Waals surface area contributed by atoms with Crippen LogP contribution in [0.15, 0.2) is 95.7 Å². The van der Waals surface area contributed by atoms with Crippen LogP contribution in [0.5, 0.6) is 0 Å². The van der Waals surface area contributed by atoms with Crippen LogP contribution in [0.4, 0.5) is 5.82 Å². The van der Waals surface area contributed by atoms with Crippen LogP contribution in [-0.2, 0) is 11.3 Å². The van der Waals surface area contributed by atoms with E-state index in [1.807, 2.05) is 42.5 Å². The van der Waals surface area contributed by atoms with Crippen LogP contribution < -0.4 is 10.6 Å². The molecule has 7 nitrogen and oxygen atoms in total. The molecule has 0 radical (unpaired) electrons. The molecule has 2 N–H and O–H groups in total. The molecule has 2 aromatic carbocycles. The minimum absolute atomic E-state index is 0.0779. The minimum atomic E-state index is -0.477. The molecular formula is C24H22N4O3. The van der Waals surface area contributed by atoms with Gasteiger partial charge in [-0.15, -0.1) is 0 Å². The Bertz CT molecular complexity index is 1120. The van der Waals surface area contributed by atoms with Crippen LogP contribution in [-0.4, -0.2) is 21.6 Å². The SMILES string of the molecule is O=C(CC(NC(=O)c1ccccc1)c1ccccc1)Nc1ccnn1Cc1ccco1. The van der Waals surface area contributed by atoms with Gasteiger partial charge in [-0.2, -0.15) is 5.10 Å². The molecule has 4 rings (SSSR count). The van der Waals surface area contributed by atoms with Crippen LogP contribution in [0.2, 0.25) is 0 Å². The summed E-state index contributed by atoms with van der Waals surface area (Å²) in [6.45, 7) is 0.405. The van der Waals surface area contributed by atoms with Crippen molar-refractivity contribution < 1.29 is 14.0 Å². The molecule has 2 amide bonds. The second kappa shape index (κ2) is 9.58. The van der Waals surface area contributed by atoms with E-state index in [4.69, 9.17) is 4.42 Å². The molecule has 31 heavy (non-hydrogen) atoms. The fourth-order valence-electron chi connectivity index (χ4n) is 3.26. The second-order valence-corrected chi connectivity index (χ2v) is 7.01. The number of amides is 2. The molecule has 4 aromatic rings. The van der Waals surface area contributed by atoms with Gasteiger partial charge in [-0.05, 0) is 29.8 Å². The van der Waals surface area contributed by atoms with E-state index >= 15 is 0 Å². The number of benzene rings is 2. The summed E-state index contributed by atoms with van der Waals surface area (Å²) in [4.78, 5) is 25.5. The van der Waals surface area contributed by atoms with Crippen LogP contribution in [0.25, 0.3) is 0 Å². The summed E-state index contributed by atoms with van der Waals surface area (Å²) in [7, 11) is 0. The predicted molar refractivity (Wildman–Crippen MR) is 116 cm³/mol. The molecule has 156 valence electrons. The summed E-state index contributed by atoms with van der Waals surface area (Å²) >= 11 is 0. The van der Waals surface area contributed by atoms with Gasteiger partial charge < -0.3 is 15.1 Å². The maximum absolute atomic E-state index is 12.8. The fourth-order valence-corrected chi connectivity index (χ4v) is 3.26. The van der Waals surface area contributed by atoms with Gasteiger partial charge in [0.1, 0.15) is 18.1 Å². The van der Waals surface area contributed by atoms with Crippen molar-refractivity contribution in [3.05, 3.63) is 108 Å². The molecule has 1 atom stereocenters. The van der Waals surface area contributed by atoms with Gasteiger partial charge in [0, 0.05) is 11.6 Å². The maximum Gasteiger partial charge on any atom is 0.251 e. The Morgan fingerprint density at radius 3 is 2.39 bits per heavy atom. The van der Waals surface area contributed by atoms with Gasteiger partial charge in [0.05, 0.1) is 24.9 Å². The molecule has 0 bridgehead atoms. The average molecular weight is 414 g/mol. The number of aromatic nitrogens is 2. The first-order valence-electron chi connectivity index (χ1n) is 9.94. The van der Waals surface area contributed by atoms with Gasteiger partial charge in [0.15, 0.2) is 0 Å². The lowest BCUT2D eigenvalue weighted by Crippen LogP contribution is -2.31. The quantitative estimate of drug-likeness (QED) is 0.456. The van der Waals surface area contributed by atoms with E-state index in [0.717, 1.165) is 11.3 Å². The third-order valence-electron chi connectivity index (χ3n) is 4.80. The lowest BCUT2D eigenvalue weighted by atomic mass is 10.0. The highest BCUT2D eigenvalue weighted by atomic mass is 16.3. The predicted octanol–water partition coefficient (Wildman–Crippen LogP) is 4.02. The molecule has 1 unspecified atom stereocenters. The largest absolute Gasteiger partial charge is 0.467 e. The molecule has 0 fully saturated rings. The number of anilines is 1. The summed E-state index contributed by atoms with van der Waals surface area (Å²) in [5.74, 6) is 0.826. The fraction of sp³-hybridized carbons (Fsp3) is 0.125. The van der Waals surface area contributed by atoms with Crippen molar-refractivity contribution in [3.63, 3.8) is 0 Å². The lowest BCUT2D eigenvalue weighted by Gasteiger charge is -2.19. The first-order chi connectivity index (χ1) is 15.2. The van der Waals surface area contributed by atoms with Crippen molar-refractivity contribution in [2.45, 2.75) is 19.0 Å². The standard InChI is InChI=1S/C24H22N4O3/c29-23(27-22-13-14-25-28(22)17-20-12-7-15-31-20)16-21(18-8-3-1-4-9-18)26-24(30)19-10-5-2-6-11-19/h1-15,21H,16-17H2,(H,26,30)(H,27,29). The number of hydrogen-bond acceptors (Lipinski definition) is 4. The molecule has 0 saturated carbocycles. The molecule has 7 heteroatoms. The summed E-state index contributed by atoms with van der Waals surface area (Å²) < 4.78 is 7.00. The smallest absolute Gasteiger partial charge is 0.251 e. The van der Waals surface area contributed by atoms with Gasteiger partial charge >= 0.3 is 0 Å². The number of hydrogen-bond donors (Lipinski definition) is 2. The number of furan rings is 1. The summed E-state index contributed by atoms with van der Waals surface area (Å²) in [6.07, 6.45) is 3.29. The van der Waals surface area contributed by atoms with Crippen molar-refractivity contribution >= 4 is 17.6 Å². The number of carbonyl (C=O) groups is 2. The zero-order valence-electron chi connectivity index (χ0n) is 16.8.